The van der Waals surface area contributed by atoms with Crippen molar-refractivity contribution in [3.63, 3.8) is 0 Å². The van der Waals surface area contributed by atoms with E-state index in [-0.39, 0.29) is 12.1 Å². The van der Waals surface area contributed by atoms with Crippen molar-refractivity contribution in [2.24, 2.45) is 0 Å². The van der Waals surface area contributed by atoms with Gasteiger partial charge in [0.25, 0.3) is 0 Å². The van der Waals surface area contributed by atoms with Crippen LogP contribution in [-0.4, -0.2) is 62.5 Å². The van der Waals surface area contributed by atoms with Crippen LogP contribution in [-0.2, 0) is 22.3 Å². The molecule has 2 N–H and O–H groups in total. The van der Waals surface area contributed by atoms with Crippen LogP contribution in [0.4, 0.5) is 18.0 Å². The summed E-state index contributed by atoms with van der Waals surface area (Å²) in [5, 5.41) is 18.4. The van der Waals surface area contributed by atoms with Gasteiger partial charge in [0.05, 0.1) is 18.7 Å². The number of carboxylic acids is 1. The van der Waals surface area contributed by atoms with Crippen LogP contribution in [0.15, 0.2) is 24.3 Å². The predicted molar refractivity (Wildman–Crippen MR) is 82.7 cm³/mol. The molecule has 2 rings (SSSR count). The molecule has 0 atom stereocenters. The Hall–Kier alpha value is -2.49. The average molecular weight is 395 g/mol. The summed E-state index contributed by atoms with van der Waals surface area (Å²) in [5.74, 6) is -2.73. The van der Waals surface area contributed by atoms with Crippen molar-refractivity contribution in [2.75, 3.05) is 19.0 Å². The topological polar surface area (TPSA) is 98.2 Å². The molecule has 1 aromatic carbocycles. The Kier molecular flexibility index (Phi) is 5.36. The maximum Gasteiger partial charge on any atom is 0.416 e. The van der Waals surface area contributed by atoms with Crippen LogP contribution in [0.1, 0.15) is 11.1 Å². The smallest absolute Gasteiger partial charge is 0.416 e. The minimum Gasteiger partial charge on any atom is -0.479 e. The van der Waals surface area contributed by atoms with Gasteiger partial charge in [0.1, 0.15) is 5.88 Å². The van der Waals surface area contributed by atoms with Crippen LogP contribution in [0.3, 0.4) is 0 Å². The highest BCUT2D eigenvalue weighted by atomic mass is 35.5. The highest BCUT2D eigenvalue weighted by molar-refractivity contribution is 6.27. The van der Waals surface area contributed by atoms with Crippen LogP contribution >= 0.6 is 11.6 Å². The monoisotopic (exact) mass is 394 g/mol. The van der Waals surface area contributed by atoms with E-state index < -0.39 is 54.2 Å². The van der Waals surface area contributed by atoms with E-state index in [1.165, 1.54) is 0 Å². The summed E-state index contributed by atoms with van der Waals surface area (Å²) in [7, 11) is 0. The Morgan fingerprint density at radius 2 is 1.69 bits per heavy atom. The molecule has 2 amide bonds. The van der Waals surface area contributed by atoms with Gasteiger partial charge in [0, 0.05) is 6.54 Å². The molecule has 11 heteroatoms. The number of hydrogen-bond donors (Lipinski definition) is 2. The maximum absolute atomic E-state index is 12.6. The predicted octanol–water partition coefficient (Wildman–Crippen LogP) is 2.09. The molecule has 0 bridgehead atoms. The lowest BCUT2D eigenvalue weighted by molar-refractivity contribution is -0.170. The minimum absolute atomic E-state index is 0.255. The molecule has 0 spiro atoms. The molecule has 1 aliphatic rings. The molecule has 1 heterocycles. The molecular weight excluding hydrogens is 381 g/mol. The molecule has 1 saturated heterocycles. The number of benzene rings is 1. The third-order valence-electron chi connectivity index (χ3n) is 4.13. The maximum atomic E-state index is 12.6. The van der Waals surface area contributed by atoms with Crippen molar-refractivity contribution >= 4 is 29.6 Å². The number of nitrogens with zero attached hydrogens (tertiary/aromatic N) is 2. The number of hydrogen-bond acceptors (Lipinski definition) is 3. The van der Waals surface area contributed by atoms with Gasteiger partial charge in [-0.15, -0.1) is 11.6 Å². The lowest BCUT2D eigenvalue weighted by atomic mass is 9.87. The first-order valence-electron chi connectivity index (χ1n) is 7.25. The Labute approximate surface area is 150 Å². The summed E-state index contributed by atoms with van der Waals surface area (Å²) in [5.41, 5.74) is -2.44. The SMILES string of the molecule is O=C(O)N1CC(C(=O)O)(N(Cc2ccc(C(F)(F)F)cc2)C(=O)CCl)C1. The Balaban J connectivity index is 2.29. The highest BCUT2D eigenvalue weighted by Crippen LogP contribution is 2.32. The third kappa shape index (κ3) is 3.69. The van der Waals surface area contributed by atoms with Crippen LogP contribution < -0.4 is 0 Å². The van der Waals surface area contributed by atoms with Gasteiger partial charge >= 0.3 is 18.2 Å². The number of rotatable bonds is 5. The van der Waals surface area contributed by atoms with Gasteiger partial charge in [0.2, 0.25) is 5.91 Å². The third-order valence-corrected chi connectivity index (χ3v) is 4.36. The lowest BCUT2D eigenvalue weighted by Crippen LogP contribution is -2.75. The number of carboxylic acid groups (broad SMARTS) is 2. The first-order valence-corrected chi connectivity index (χ1v) is 7.78. The quantitative estimate of drug-likeness (QED) is 0.745. The van der Waals surface area contributed by atoms with Crippen molar-refractivity contribution in [1.29, 1.82) is 0 Å². The van der Waals surface area contributed by atoms with E-state index in [4.69, 9.17) is 16.7 Å². The van der Waals surface area contributed by atoms with Crippen molar-refractivity contribution in [2.45, 2.75) is 18.3 Å². The molecule has 142 valence electrons. The fourth-order valence-electron chi connectivity index (χ4n) is 2.67. The minimum atomic E-state index is -4.53. The number of aliphatic carboxylic acids is 1. The summed E-state index contributed by atoms with van der Waals surface area (Å²) in [4.78, 5) is 36.5. The number of carbonyl (C=O) groups is 3. The number of halogens is 4. The molecule has 26 heavy (non-hydrogen) atoms. The summed E-state index contributed by atoms with van der Waals surface area (Å²) in [6.07, 6.45) is -5.86. The number of likely N-dealkylation sites (tertiary alicyclic amines) is 1. The summed E-state index contributed by atoms with van der Waals surface area (Å²) < 4.78 is 37.9. The first kappa shape index (κ1) is 19.8. The van der Waals surface area contributed by atoms with Gasteiger partial charge in [-0.1, -0.05) is 12.1 Å². The standard InChI is InChI=1S/C15H14ClF3N2O5/c16-5-11(22)21(14(12(23)24)7-20(8-14)13(25)26)6-9-1-3-10(4-2-9)15(17,18)19/h1-4H,5-8H2,(H,23,24)(H,25,26). The molecule has 0 unspecified atom stereocenters. The molecular formula is C15H14ClF3N2O5. The molecule has 0 saturated carbocycles. The van der Waals surface area contributed by atoms with E-state index in [2.05, 4.69) is 0 Å². The van der Waals surface area contributed by atoms with E-state index in [1.807, 2.05) is 0 Å². The van der Waals surface area contributed by atoms with Crippen LogP contribution in [0, 0.1) is 0 Å². The van der Waals surface area contributed by atoms with Crippen LogP contribution in [0.25, 0.3) is 0 Å². The van der Waals surface area contributed by atoms with E-state index in [9.17, 15) is 32.7 Å². The van der Waals surface area contributed by atoms with Crippen molar-refractivity contribution in [1.82, 2.24) is 9.80 Å². The summed E-state index contributed by atoms with van der Waals surface area (Å²) in [6, 6.07) is 3.88. The Morgan fingerprint density at radius 1 is 1.15 bits per heavy atom. The van der Waals surface area contributed by atoms with E-state index >= 15 is 0 Å². The molecule has 0 aromatic heterocycles. The molecule has 1 fully saturated rings. The molecule has 0 radical (unpaired) electrons. The van der Waals surface area contributed by atoms with Gasteiger partial charge in [-0.2, -0.15) is 13.2 Å². The number of alkyl halides is 4. The fraction of sp³-hybridized carbons (Fsp3) is 0.400. The van der Waals surface area contributed by atoms with E-state index in [0.717, 1.165) is 34.1 Å². The number of amides is 2. The normalized spacial score (nSPS) is 15.9. The van der Waals surface area contributed by atoms with Gasteiger partial charge in [-0.05, 0) is 17.7 Å². The van der Waals surface area contributed by atoms with Gasteiger partial charge in [0.15, 0.2) is 5.54 Å². The van der Waals surface area contributed by atoms with Crippen LogP contribution in [0.2, 0.25) is 0 Å². The second-order valence-electron chi connectivity index (χ2n) is 5.78. The summed E-state index contributed by atoms with van der Waals surface area (Å²) >= 11 is 5.53. The van der Waals surface area contributed by atoms with Crippen molar-refractivity contribution in [3.8, 4) is 0 Å². The van der Waals surface area contributed by atoms with E-state index in [1.54, 1.807) is 0 Å². The Morgan fingerprint density at radius 3 is 2.08 bits per heavy atom. The van der Waals surface area contributed by atoms with Gasteiger partial charge < -0.3 is 20.0 Å². The molecule has 0 aliphatic carbocycles. The number of carbonyl (C=O) groups excluding carboxylic acids is 1. The average Bonchev–Trinajstić information content (AvgIpc) is 2.51. The zero-order valence-corrected chi connectivity index (χ0v) is 13.9. The van der Waals surface area contributed by atoms with E-state index in [0.29, 0.717) is 0 Å². The van der Waals surface area contributed by atoms with Gasteiger partial charge in [-0.25, -0.2) is 9.59 Å². The van der Waals surface area contributed by atoms with Crippen molar-refractivity contribution in [3.05, 3.63) is 35.4 Å². The zero-order chi connectivity index (χ0) is 19.7. The van der Waals surface area contributed by atoms with Crippen LogP contribution in [0.5, 0.6) is 0 Å². The highest BCUT2D eigenvalue weighted by Gasteiger charge is 2.57. The van der Waals surface area contributed by atoms with Gasteiger partial charge in [-0.3, -0.25) is 4.79 Å². The fourth-order valence-corrected chi connectivity index (χ4v) is 2.82. The molecule has 1 aliphatic heterocycles. The second kappa shape index (κ2) is 7.02. The largest absolute Gasteiger partial charge is 0.479 e. The second-order valence-corrected chi connectivity index (χ2v) is 6.05. The lowest BCUT2D eigenvalue weighted by Gasteiger charge is -2.51. The van der Waals surface area contributed by atoms with Crippen molar-refractivity contribution < 1.29 is 37.8 Å². The summed E-state index contributed by atoms with van der Waals surface area (Å²) in [6.45, 7) is -1.23. The first-order chi connectivity index (χ1) is 12.0. The molecule has 7 nitrogen and oxygen atoms in total. The zero-order valence-electron chi connectivity index (χ0n) is 13.2. The Bertz CT molecular complexity index is 717. The molecule has 1 aromatic rings.